The van der Waals surface area contributed by atoms with E-state index in [1.165, 1.54) is 6.07 Å². The largest absolute Gasteiger partial charge is 0.433 e. The number of nitrogens with two attached hydrogens (primary N) is 1. The Morgan fingerprint density at radius 1 is 1.47 bits per heavy atom. The normalized spacial score (nSPS) is 25.5. The molecule has 0 aliphatic carbocycles. The van der Waals surface area contributed by atoms with Gasteiger partial charge in [0.25, 0.3) is 0 Å². The molecule has 6 heteroatoms. The molecule has 0 amide bonds. The van der Waals surface area contributed by atoms with E-state index in [-0.39, 0.29) is 23.5 Å². The number of likely N-dealkylation sites (tertiary alicyclic amines) is 1. The molecule has 106 valence electrons. The van der Waals surface area contributed by atoms with Gasteiger partial charge in [-0.25, -0.2) is 0 Å². The summed E-state index contributed by atoms with van der Waals surface area (Å²) in [6.07, 6.45) is 1.95. The van der Waals surface area contributed by atoms with E-state index < -0.39 is 4.92 Å². The van der Waals surface area contributed by atoms with Crippen molar-refractivity contribution < 1.29 is 9.34 Å². The first-order valence-electron chi connectivity index (χ1n) is 6.57. The Bertz CT molecular complexity index is 464. The summed E-state index contributed by atoms with van der Waals surface area (Å²) in [5.41, 5.74) is 6.16. The summed E-state index contributed by atoms with van der Waals surface area (Å²) in [4.78, 5) is 12.5. The minimum absolute atomic E-state index is 0.0513. The Labute approximate surface area is 112 Å². The lowest BCUT2D eigenvalue weighted by molar-refractivity contribution is -0.402. The van der Waals surface area contributed by atoms with Gasteiger partial charge in [-0.3, -0.25) is 15.0 Å². The molecule has 1 fully saturated rings. The summed E-state index contributed by atoms with van der Waals surface area (Å²) in [6.45, 7) is 7.29. The van der Waals surface area contributed by atoms with Crippen LogP contribution >= 0.6 is 0 Å². The predicted octanol–water partition coefficient (Wildman–Crippen LogP) is 2.45. The lowest BCUT2D eigenvalue weighted by Gasteiger charge is -2.46. The summed E-state index contributed by atoms with van der Waals surface area (Å²) >= 11 is 0. The van der Waals surface area contributed by atoms with Crippen LogP contribution in [0.3, 0.4) is 0 Å². The van der Waals surface area contributed by atoms with Gasteiger partial charge in [-0.1, -0.05) is 0 Å². The monoisotopic (exact) mass is 267 g/mol. The first-order chi connectivity index (χ1) is 8.80. The summed E-state index contributed by atoms with van der Waals surface area (Å²) in [6, 6.07) is 2.92. The lowest BCUT2D eigenvalue weighted by atomic mass is 9.90. The Kier molecular flexibility index (Phi) is 3.64. The molecule has 0 saturated carbocycles. The fourth-order valence-corrected chi connectivity index (χ4v) is 2.74. The number of hydrogen-bond acceptors (Lipinski definition) is 5. The second kappa shape index (κ2) is 4.94. The van der Waals surface area contributed by atoms with Crippen molar-refractivity contribution in [3.63, 3.8) is 0 Å². The van der Waals surface area contributed by atoms with Crippen molar-refractivity contribution in [1.82, 2.24) is 4.90 Å². The van der Waals surface area contributed by atoms with Crippen molar-refractivity contribution in [3.05, 3.63) is 28.0 Å². The molecular formula is C13H21N3O3. The van der Waals surface area contributed by atoms with Gasteiger partial charge < -0.3 is 10.2 Å². The molecule has 1 aliphatic rings. The van der Waals surface area contributed by atoms with E-state index in [2.05, 4.69) is 25.7 Å². The quantitative estimate of drug-likeness (QED) is 0.657. The maximum Gasteiger partial charge on any atom is 0.433 e. The molecule has 0 aromatic carbocycles. The molecule has 2 N–H and O–H groups in total. The maximum atomic E-state index is 10.7. The van der Waals surface area contributed by atoms with Crippen LogP contribution in [-0.2, 0) is 0 Å². The van der Waals surface area contributed by atoms with Crippen molar-refractivity contribution in [2.24, 2.45) is 5.73 Å². The molecule has 0 spiro atoms. The highest BCUT2D eigenvalue weighted by Gasteiger charge is 2.38. The molecule has 0 bridgehead atoms. The van der Waals surface area contributed by atoms with Gasteiger partial charge in [0.15, 0.2) is 0 Å². The lowest BCUT2D eigenvalue weighted by Crippen LogP contribution is -2.53. The van der Waals surface area contributed by atoms with Crippen molar-refractivity contribution in [1.29, 1.82) is 0 Å². The van der Waals surface area contributed by atoms with E-state index in [1.54, 1.807) is 6.07 Å². The summed E-state index contributed by atoms with van der Waals surface area (Å²) in [5, 5.41) is 10.7. The number of nitrogens with zero attached hydrogens (tertiary/aromatic N) is 2. The fraction of sp³-hybridized carbons (Fsp3) is 0.692. The second-order valence-electron chi connectivity index (χ2n) is 6.05. The smallest absolute Gasteiger partial charge is 0.404 e. The van der Waals surface area contributed by atoms with Crippen LogP contribution in [0, 0.1) is 10.1 Å². The van der Waals surface area contributed by atoms with Crippen LogP contribution in [0.15, 0.2) is 16.5 Å². The molecule has 19 heavy (non-hydrogen) atoms. The third kappa shape index (κ3) is 2.79. The van der Waals surface area contributed by atoms with Crippen LogP contribution in [0.4, 0.5) is 5.88 Å². The number of rotatable bonds is 2. The summed E-state index contributed by atoms with van der Waals surface area (Å²) < 4.78 is 5.36. The third-order valence-corrected chi connectivity index (χ3v) is 3.62. The summed E-state index contributed by atoms with van der Waals surface area (Å²) in [7, 11) is 0. The van der Waals surface area contributed by atoms with Crippen molar-refractivity contribution >= 4 is 5.88 Å². The Morgan fingerprint density at radius 3 is 2.68 bits per heavy atom. The zero-order valence-corrected chi connectivity index (χ0v) is 11.6. The minimum Gasteiger partial charge on any atom is -0.404 e. The van der Waals surface area contributed by atoms with E-state index in [1.807, 2.05) is 0 Å². The van der Waals surface area contributed by atoms with Crippen LogP contribution in [0.2, 0.25) is 0 Å². The van der Waals surface area contributed by atoms with Gasteiger partial charge in [0.1, 0.15) is 10.7 Å². The van der Waals surface area contributed by atoms with Crippen molar-refractivity contribution in [2.75, 3.05) is 6.54 Å². The van der Waals surface area contributed by atoms with Crippen LogP contribution in [0.1, 0.15) is 45.4 Å². The third-order valence-electron chi connectivity index (χ3n) is 3.62. The van der Waals surface area contributed by atoms with Crippen LogP contribution in [0.25, 0.3) is 0 Å². The van der Waals surface area contributed by atoms with Gasteiger partial charge in [-0.15, -0.1) is 0 Å². The molecule has 2 unspecified atom stereocenters. The van der Waals surface area contributed by atoms with Gasteiger partial charge in [0.05, 0.1) is 12.1 Å². The number of piperidine rings is 1. The molecule has 0 radical (unpaired) electrons. The standard InChI is InChI=1S/C13H21N3O3/c1-13(2,3)15-8-4-5-9(14)12(15)10-6-7-11(19-10)16(17)18/h6-7,9,12H,4-5,8,14H2,1-3H3. The maximum absolute atomic E-state index is 10.7. The first kappa shape index (κ1) is 14.0. The predicted molar refractivity (Wildman–Crippen MR) is 71.8 cm³/mol. The molecular weight excluding hydrogens is 246 g/mol. The fourth-order valence-electron chi connectivity index (χ4n) is 2.74. The van der Waals surface area contributed by atoms with Crippen molar-refractivity contribution in [3.8, 4) is 0 Å². The topological polar surface area (TPSA) is 85.5 Å². The molecule has 1 aliphatic heterocycles. The summed E-state index contributed by atoms with van der Waals surface area (Å²) in [5.74, 6) is 0.371. The van der Waals surface area contributed by atoms with E-state index in [9.17, 15) is 10.1 Å². The van der Waals surface area contributed by atoms with Gasteiger partial charge in [-0.2, -0.15) is 0 Å². The van der Waals surface area contributed by atoms with Gasteiger partial charge in [0.2, 0.25) is 0 Å². The molecule has 6 nitrogen and oxygen atoms in total. The van der Waals surface area contributed by atoms with Crippen LogP contribution < -0.4 is 5.73 Å². The average Bonchev–Trinajstić information content (AvgIpc) is 2.76. The first-order valence-corrected chi connectivity index (χ1v) is 6.57. The number of furan rings is 1. The zero-order chi connectivity index (χ0) is 14.2. The van der Waals surface area contributed by atoms with Crippen LogP contribution in [0.5, 0.6) is 0 Å². The highest BCUT2D eigenvalue weighted by Crippen LogP contribution is 2.37. The molecule has 1 saturated heterocycles. The average molecular weight is 267 g/mol. The molecule has 2 atom stereocenters. The Hall–Kier alpha value is -1.40. The highest BCUT2D eigenvalue weighted by atomic mass is 16.6. The van der Waals surface area contributed by atoms with Gasteiger partial charge in [-0.05, 0) is 46.2 Å². The van der Waals surface area contributed by atoms with E-state index >= 15 is 0 Å². The van der Waals surface area contributed by atoms with Gasteiger partial charge in [0, 0.05) is 11.6 Å². The number of hydrogen-bond donors (Lipinski definition) is 1. The molecule has 1 aromatic heterocycles. The second-order valence-corrected chi connectivity index (χ2v) is 6.05. The number of nitro groups is 1. The van der Waals surface area contributed by atoms with Crippen LogP contribution in [-0.4, -0.2) is 27.9 Å². The van der Waals surface area contributed by atoms with Crippen molar-refractivity contribution in [2.45, 2.75) is 51.2 Å². The van der Waals surface area contributed by atoms with E-state index in [4.69, 9.17) is 10.2 Å². The Balaban J connectivity index is 2.33. The van der Waals surface area contributed by atoms with Gasteiger partial charge >= 0.3 is 5.88 Å². The molecule has 2 rings (SSSR count). The van der Waals surface area contributed by atoms with E-state index in [0.717, 1.165) is 19.4 Å². The minimum atomic E-state index is -0.515. The zero-order valence-electron chi connectivity index (χ0n) is 11.6. The highest BCUT2D eigenvalue weighted by molar-refractivity contribution is 5.22. The Morgan fingerprint density at radius 2 is 2.16 bits per heavy atom. The SMILES string of the molecule is CC(C)(C)N1CCCC(N)C1c1ccc([N+](=O)[O-])o1. The molecule has 1 aromatic rings. The van der Waals surface area contributed by atoms with E-state index in [0.29, 0.717) is 5.76 Å². The molecule has 2 heterocycles.